The summed E-state index contributed by atoms with van der Waals surface area (Å²) in [6.45, 7) is 1.89. The van der Waals surface area contributed by atoms with E-state index >= 15 is 0 Å². The lowest BCUT2D eigenvalue weighted by Crippen LogP contribution is -2.50. The van der Waals surface area contributed by atoms with Gasteiger partial charge < -0.3 is 9.84 Å². The average molecular weight is 294 g/mol. The van der Waals surface area contributed by atoms with Gasteiger partial charge in [0, 0.05) is 13.1 Å². The zero-order chi connectivity index (χ0) is 14.7. The largest absolute Gasteiger partial charge is 0.481 e. The Hall–Kier alpha value is -1.35. The summed E-state index contributed by atoms with van der Waals surface area (Å²) < 4.78 is 30.6. The highest BCUT2D eigenvalue weighted by atomic mass is 32.2. The van der Waals surface area contributed by atoms with Gasteiger partial charge in [0.05, 0.1) is 12.5 Å². The van der Waals surface area contributed by atoms with Crippen LogP contribution in [0.1, 0.15) is 26.2 Å². The summed E-state index contributed by atoms with van der Waals surface area (Å²) in [5.74, 6) is -0.909. The summed E-state index contributed by atoms with van der Waals surface area (Å²) in [6, 6.07) is 0. The molecular formula is C10H18N2O6S. The van der Waals surface area contributed by atoms with Gasteiger partial charge in [0.25, 0.3) is 0 Å². The number of nitrogens with zero attached hydrogens (tertiary/aromatic N) is 1. The molecule has 8 nitrogen and oxygen atoms in total. The summed E-state index contributed by atoms with van der Waals surface area (Å²) >= 11 is 0. The monoisotopic (exact) mass is 294 g/mol. The Morgan fingerprint density at radius 2 is 1.89 bits per heavy atom. The predicted octanol–water partition coefficient (Wildman–Crippen LogP) is 0.164. The quantitative estimate of drug-likeness (QED) is 0.764. The van der Waals surface area contributed by atoms with E-state index in [1.807, 2.05) is 0 Å². The van der Waals surface area contributed by atoms with Crippen LogP contribution in [0.15, 0.2) is 0 Å². The summed E-state index contributed by atoms with van der Waals surface area (Å²) in [5.41, 5.74) is -0.878. The van der Waals surface area contributed by atoms with Crippen molar-refractivity contribution in [3.63, 3.8) is 0 Å². The molecule has 110 valence electrons. The van der Waals surface area contributed by atoms with Crippen molar-refractivity contribution in [2.24, 2.45) is 5.41 Å². The Labute approximate surface area is 111 Å². The van der Waals surface area contributed by atoms with Crippen molar-refractivity contribution in [3.8, 4) is 0 Å². The van der Waals surface area contributed by atoms with E-state index in [2.05, 4.69) is 4.74 Å². The Kier molecular flexibility index (Phi) is 4.75. The molecule has 1 amide bonds. The number of rotatable bonds is 4. The maximum Gasteiger partial charge on any atom is 0.421 e. The van der Waals surface area contributed by atoms with Crippen molar-refractivity contribution in [1.29, 1.82) is 0 Å². The van der Waals surface area contributed by atoms with E-state index in [1.54, 1.807) is 11.6 Å². The molecule has 0 aliphatic carbocycles. The maximum atomic E-state index is 11.8. The van der Waals surface area contributed by atoms with Gasteiger partial charge in [-0.3, -0.25) is 4.79 Å². The zero-order valence-corrected chi connectivity index (χ0v) is 11.7. The number of hydrogen-bond acceptors (Lipinski definition) is 5. The van der Waals surface area contributed by atoms with Crippen LogP contribution in [-0.4, -0.2) is 50.1 Å². The van der Waals surface area contributed by atoms with E-state index < -0.39 is 27.7 Å². The molecule has 1 fully saturated rings. The summed E-state index contributed by atoms with van der Waals surface area (Å²) in [4.78, 5) is 22.2. The number of methoxy groups -OCH3 is 1. The molecule has 1 aliphatic heterocycles. The number of piperidine rings is 1. The molecule has 0 bridgehead atoms. The van der Waals surface area contributed by atoms with E-state index in [0.717, 1.165) is 11.4 Å². The van der Waals surface area contributed by atoms with Crippen LogP contribution < -0.4 is 4.72 Å². The van der Waals surface area contributed by atoms with Crippen molar-refractivity contribution < 1.29 is 27.9 Å². The second-order valence-electron chi connectivity index (χ2n) is 4.44. The average Bonchev–Trinajstić information content (AvgIpc) is 2.37. The number of carboxylic acids is 1. The Morgan fingerprint density at radius 3 is 2.26 bits per heavy atom. The third kappa shape index (κ3) is 3.35. The van der Waals surface area contributed by atoms with Crippen molar-refractivity contribution in [1.82, 2.24) is 9.03 Å². The third-order valence-electron chi connectivity index (χ3n) is 3.55. The Balaban J connectivity index is 2.73. The normalized spacial score (nSPS) is 19.7. The van der Waals surface area contributed by atoms with Gasteiger partial charge >= 0.3 is 22.3 Å². The first-order valence-corrected chi connectivity index (χ1v) is 7.30. The van der Waals surface area contributed by atoms with Gasteiger partial charge in [0.15, 0.2) is 0 Å². The summed E-state index contributed by atoms with van der Waals surface area (Å²) in [7, 11) is -2.90. The highest BCUT2D eigenvalue weighted by molar-refractivity contribution is 7.87. The number of carbonyl (C=O) groups is 2. The number of ether oxygens (including phenoxy) is 1. The van der Waals surface area contributed by atoms with Gasteiger partial charge in [-0.15, -0.1) is 0 Å². The van der Waals surface area contributed by atoms with E-state index in [-0.39, 0.29) is 25.9 Å². The van der Waals surface area contributed by atoms with Gasteiger partial charge in [0.2, 0.25) is 0 Å². The van der Waals surface area contributed by atoms with Gasteiger partial charge in [-0.2, -0.15) is 12.7 Å². The lowest BCUT2D eigenvalue weighted by Gasteiger charge is -2.37. The van der Waals surface area contributed by atoms with Crippen LogP contribution in [0, 0.1) is 5.41 Å². The first-order chi connectivity index (χ1) is 8.77. The van der Waals surface area contributed by atoms with E-state index in [9.17, 15) is 23.1 Å². The molecule has 0 saturated carbocycles. The molecule has 1 rings (SSSR count). The minimum atomic E-state index is -3.96. The molecular weight excluding hydrogens is 276 g/mol. The predicted molar refractivity (Wildman–Crippen MR) is 65.6 cm³/mol. The Morgan fingerprint density at radius 1 is 1.37 bits per heavy atom. The molecule has 0 radical (unpaired) electrons. The highest BCUT2D eigenvalue weighted by Crippen LogP contribution is 2.35. The first-order valence-electron chi connectivity index (χ1n) is 5.86. The molecule has 0 aromatic heterocycles. The van der Waals surface area contributed by atoms with Gasteiger partial charge in [-0.25, -0.2) is 9.52 Å². The van der Waals surface area contributed by atoms with Gasteiger partial charge in [-0.05, 0) is 19.3 Å². The van der Waals surface area contributed by atoms with Crippen LogP contribution in [0.5, 0.6) is 0 Å². The van der Waals surface area contributed by atoms with Crippen LogP contribution in [0.2, 0.25) is 0 Å². The van der Waals surface area contributed by atoms with Crippen molar-refractivity contribution in [2.45, 2.75) is 26.2 Å². The highest BCUT2D eigenvalue weighted by Gasteiger charge is 2.42. The number of amides is 1. The number of nitrogens with one attached hydrogen (secondary N) is 1. The van der Waals surface area contributed by atoms with Crippen molar-refractivity contribution in [3.05, 3.63) is 0 Å². The zero-order valence-electron chi connectivity index (χ0n) is 10.9. The van der Waals surface area contributed by atoms with Crippen LogP contribution in [0.3, 0.4) is 0 Å². The fourth-order valence-corrected chi connectivity index (χ4v) is 3.17. The van der Waals surface area contributed by atoms with Crippen molar-refractivity contribution in [2.75, 3.05) is 20.2 Å². The lowest BCUT2D eigenvalue weighted by molar-refractivity contribution is -0.151. The molecule has 1 saturated heterocycles. The lowest BCUT2D eigenvalue weighted by atomic mass is 9.77. The second-order valence-corrected chi connectivity index (χ2v) is 6.11. The first kappa shape index (κ1) is 15.7. The molecule has 0 aromatic rings. The maximum absolute atomic E-state index is 11.8. The van der Waals surface area contributed by atoms with Gasteiger partial charge in [0.1, 0.15) is 0 Å². The molecule has 0 atom stereocenters. The van der Waals surface area contributed by atoms with Gasteiger partial charge in [-0.1, -0.05) is 6.92 Å². The molecule has 0 spiro atoms. The van der Waals surface area contributed by atoms with Crippen molar-refractivity contribution >= 4 is 22.3 Å². The van der Waals surface area contributed by atoms with Crippen LogP contribution >= 0.6 is 0 Å². The third-order valence-corrected chi connectivity index (χ3v) is 5.02. The number of aliphatic carboxylic acids is 1. The fraction of sp³-hybridized carbons (Fsp3) is 0.800. The number of carbonyl (C=O) groups excluding carboxylic acids is 1. The van der Waals surface area contributed by atoms with Crippen LogP contribution in [0.4, 0.5) is 4.79 Å². The standard InChI is InChI=1S/C10H18N2O6S/c1-3-10(8(13)14)4-6-12(7-5-10)19(16,17)11-9(15)18-2/h3-7H2,1-2H3,(H,11,15)(H,13,14). The molecule has 1 heterocycles. The molecule has 19 heavy (non-hydrogen) atoms. The molecule has 0 aromatic carbocycles. The van der Waals surface area contributed by atoms with E-state index in [0.29, 0.717) is 6.42 Å². The van der Waals surface area contributed by atoms with E-state index in [1.165, 1.54) is 0 Å². The topological polar surface area (TPSA) is 113 Å². The fourth-order valence-electron chi connectivity index (χ4n) is 2.08. The Bertz CT molecular complexity index is 453. The van der Waals surface area contributed by atoms with E-state index in [4.69, 9.17) is 0 Å². The molecule has 2 N–H and O–H groups in total. The molecule has 9 heteroatoms. The minimum absolute atomic E-state index is 0.0620. The number of hydrogen-bond donors (Lipinski definition) is 2. The second kappa shape index (κ2) is 5.74. The summed E-state index contributed by atoms with van der Waals surface area (Å²) in [6.07, 6.45) is -0.173. The van der Waals surface area contributed by atoms with Crippen LogP contribution in [0.25, 0.3) is 0 Å². The number of carboxylic acid groups (broad SMARTS) is 1. The van der Waals surface area contributed by atoms with Crippen LogP contribution in [-0.2, 0) is 19.7 Å². The smallest absolute Gasteiger partial charge is 0.421 e. The molecule has 0 unspecified atom stereocenters. The SMILES string of the molecule is CCC1(C(=O)O)CCN(S(=O)(=O)NC(=O)OC)CC1. The molecule has 1 aliphatic rings. The summed E-state index contributed by atoms with van der Waals surface area (Å²) in [5, 5.41) is 9.20. The minimum Gasteiger partial charge on any atom is -0.481 e.